The molecule has 0 aromatic rings. The molecule has 0 spiro atoms. The fraction of sp³-hybridized carbons (Fsp3) is 0.667. The fourth-order valence-corrected chi connectivity index (χ4v) is 1.09. The predicted octanol–water partition coefficient (Wildman–Crippen LogP) is -1.33. The maximum atomic E-state index is 10.7. The van der Waals surface area contributed by atoms with Gasteiger partial charge in [-0.25, -0.2) is 4.79 Å². The van der Waals surface area contributed by atoms with Crippen LogP contribution in [-0.4, -0.2) is 29.8 Å². The Morgan fingerprint density at radius 3 is 2.92 bits per heavy atom. The van der Waals surface area contributed by atoms with Gasteiger partial charge in [0.05, 0.1) is 12.6 Å². The smallest absolute Gasteiger partial charge is 0.316 e. The van der Waals surface area contributed by atoms with Crippen LogP contribution in [0.2, 0.25) is 0 Å². The standard InChI is InChI=1S/C6H11N3O3/c7-5-3(1-4(10)11)2-8-6(12)9-5/h3,5H,1-2,7H2,(H,10,11)(H2,8,9,12). The topological polar surface area (TPSA) is 104 Å². The lowest BCUT2D eigenvalue weighted by Gasteiger charge is -2.28. The van der Waals surface area contributed by atoms with Gasteiger partial charge < -0.3 is 21.5 Å². The summed E-state index contributed by atoms with van der Waals surface area (Å²) in [4.78, 5) is 21.0. The van der Waals surface area contributed by atoms with Crippen LogP contribution in [0.1, 0.15) is 6.42 Å². The number of amides is 2. The number of carboxylic acids is 1. The van der Waals surface area contributed by atoms with Gasteiger partial charge in [-0.3, -0.25) is 4.79 Å². The molecular weight excluding hydrogens is 162 g/mol. The molecule has 12 heavy (non-hydrogen) atoms. The number of carbonyl (C=O) groups excluding carboxylic acids is 1. The van der Waals surface area contributed by atoms with E-state index < -0.39 is 12.1 Å². The maximum absolute atomic E-state index is 10.7. The quantitative estimate of drug-likeness (QED) is 0.415. The summed E-state index contributed by atoms with van der Waals surface area (Å²) in [6.07, 6.45) is -0.594. The molecule has 1 saturated heterocycles. The average Bonchev–Trinajstić information content (AvgIpc) is 1.94. The van der Waals surface area contributed by atoms with Crippen LogP contribution >= 0.6 is 0 Å². The molecule has 0 aromatic carbocycles. The third kappa shape index (κ3) is 2.09. The number of carboxylic acid groups (broad SMARTS) is 1. The Morgan fingerprint density at radius 1 is 1.75 bits per heavy atom. The molecule has 2 amide bonds. The van der Waals surface area contributed by atoms with Gasteiger partial charge in [0, 0.05) is 12.5 Å². The van der Waals surface area contributed by atoms with Crippen LogP contribution in [0, 0.1) is 5.92 Å². The molecule has 2 unspecified atom stereocenters. The van der Waals surface area contributed by atoms with Gasteiger partial charge in [-0.2, -0.15) is 0 Å². The molecule has 1 aliphatic rings. The normalized spacial score (nSPS) is 28.9. The van der Waals surface area contributed by atoms with Crippen molar-refractivity contribution >= 4 is 12.0 Å². The third-order valence-corrected chi connectivity index (χ3v) is 1.77. The Labute approximate surface area is 69.1 Å². The second-order valence-corrected chi connectivity index (χ2v) is 2.74. The molecule has 1 heterocycles. The minimum absolute atomic E-state index is 0.0333. The molecule has 0 aliphatic carbocycles. The van der Waals surface area contributed by atoms with Crippen molar-refractivity contribution in [1.82, 2.24) is 10.6 Å². The van der Waals surface area contributed by atoms with E-state index in [4.69, 9.17) is 10.8 Å². The largest absolute Gasteiger partial charge is 0.481 e. The van der Waals surface area contributed by atoms with Gasteiger partial charge in [-0.15, -0.1) is 0 Å². The van der Waals surface area contributed by atoms with Crippen LogP contribution in [0.5, 0.6) is 0 Å². The zero-order valence-electron chi connectivity index (χ0n) is 6.41. The van der Waals surface area contributed by atoms with Crippen LogP contribution in [0.3, 0.4) is 0 Å². The van der Waals surface area contributed by atoms with Gasteiger partial charge in [0.2, 0.25) is 0 Å². The van der Waals surface area contributed by atoms with E-state index in [0.29, 0.717) is 6.54 Å². The molecule has 0 saturated carbocycles. The summed E-state index contributed by atoms with van der Waals surface area (Å²) >= 11 is 0. The fourth-order valence-electron chi connectivity index (χ4n) is 1.09. The highest BCUT2D eigenvalue weighted by Gasteiger charge is 2.26. The van der Waals surface area contributed by atoms with Crippen LogP contribution in [0.25, 0.3) is 0 Å². The molecule has 1 rings (SSSR count). The molecule has 68 valence electrons. The molecular formula is C6H11N3O3. The monoisotopic (exact) mass is 173 g/mol. The highest BCUT2D eigenvalue weighted by Crippen LogP contribution is 2.07. The second kappa shape index (κ2) is 3.40. The van der Waals surface area contributed by atoms with Crippen molar-refractivity contribution in [1.29, 1.82) is 0 Å². The summed E-state index contributed by atoms with van der Waals surface area (Å²) in [7, 11) is 0. The van der Waals surface area contributed by atoms with Gasteiger partial charge in [-0.05, 0) is 0 Å². The molecule has 1 aliphatic heterocycles. The number of hydrogen-bond acceptors (Lipinski definition) is 3. The Hall–Kier alpha value is -1.30. The van der Waals surface area contributed by atoms with Gasteiger partial charge in [0.15, 0.2) is 0 Å². The number of rotatable bonds is 2. The molecule has 0 aromatic heterocycles. The van der Waals surface area contributed by atoms with Gasteiger partial charge in [0.1, 0.15) is 0 Å². The van der Waals surface area contributed by atoms with Gasteiger partial charge >= 0.3 is 12.0 Å². The van der Waals surface area contributed by atoms with Crippen molar-refractivity contribution in [3.8, 4) is 0 Å². The first-order valence-corrected chi connectivity index (χ1v) is 3.61. The highest BCUT2D eigenvalue weighted by atomic mass is 16.4. The van der Waals surface area contributed by atoms with E-state index in [1.54, 1.807) is 0 Å². The van der Waals surface area contributed by atoms with Crippen molar-refractivity contribution in [2.45, 2.75) is 12.6 Å². The molecule has 2 atom stereocenters. The van der Waals surface area contributed by atoms with E-state index in [9.17, 15) is 9.59 Å². The Kier molecular flexibility index (Phi) is 2.49. The Bertz CT molecular complexity index is 206. The molecule has 0 bridgehead atoms. The Balaban J connectivity index is 2.45. The zero-order valence-corrected chi connectivity index (χ0v) is 6.41. The van der Waals surface area contributed by atoms with Crippen molar-refractivity contribution in [2.24, 2.45) is 11.7 Å². The average molecular weight is 173 g/mol. The van der Waals surface area contributed by atoms with Crippen molar-refractivity contribution in [3.63, 3.8) is 0 Å². The number of hydrogen-bond donors (Lipinski definition) is 4. The van der Waals surface area contributed by atoms with Crippen molar-refractivity contribution < 1.29 is 14.7 Å². The van der Waals surface area contributed by atoms with E-state index in [2.05, 4.69) is 10.6 Å². The van der Waals surface area contributed by atoms with E-state index >= 15 is 0 Å². The summed E-state index contributed by atoms with van der Waals surface area (Å²) in [5.41, 5.74) is 5.48. The minimum Gasteiger partial charge on any atom is -0.481 e. The van der Waals surface area contributed by atoms with Gasteiger partial charge in [-0.1, -0.05) is 0 Å². The third-order valence-electron chi connectivity index (χ3n) is 1.77. The summed E-state index contributed by atoms with van der Waals surface area (Å²) in [5.74, 6) is -1.14. The second-order valence-electron chi connectivity index (χ2n) is 2.74. The first-order valence-electron chi connectivity index (χ1n) is 3.61. The van der Waals surface area contributed by atoms with Crippen molar-refractivity contribution in [2.75, 3.05) is 6.54 Å². The number of aliphatic carboxylic acids is 1. The minimum atomic E-state index is -0.909. The highest BCUT2D eigenvalue weighted by molar-refractivity contribution is 5.75. The number of nitrogens with two attached hydrogens (primary N) is 1. The maximum Gasteiger partial charge on any atom is 0.316 e. The first-order chi connectivity index (χ1) is 5.59. The van der Waals surface area contributed by atoms with E-state index in [1.165, 1.54) is 0 Å². The Morgan fingerprint density at radius 2 is 2.42 bits per heavy atom. The van der Waals surface area contributed by atoms with E-state index in [0.717, 1.165) is 0 Å². The number of urea groups is 1. The number of nitrogens with one attached hydrogen (secondary N) is 2. The van der Waals surface area contributed by atoms with Gasteiger partial charge in [0.25, 0.3) is 0 Å². The SMILES string of the molecule is NC1NC(=O)NCC1CC(=O)O. The molecule has 6 heteroatoms. The molecule has 5 N–H and O–H groups in total. The van der Waals surface area contributed by atoms with Crippen LogP contribution in [0.4, 0.5) is 4.79 Å². The lowest BCUT2D eigenvalue weighted by Crippen LogP contribution is -2.59. The summed E-state index contributed by atoms with van der Waals surface area (Å²) in [6.45, 7) is 0.319. The predicted molar refractivity (Wildman–Crippen MR) is 40.3 cm³/mol. The summed E-state index contributed by atoms with van der Waals surface area (Å²) < 4.78 is 0. The number of carbonyl (C=O) groups is 2. The lowest BCUT2D eigenvalue weighted by molar-refractivity contribution is -0.138. The molecule has 1 fully saturated rings. The van der Waals surface area contributed by atoms with Crippen molar-refractivity contribution in [3.05, 3.63) is 0 Å². The summed E-state index contributed by atoms with van der Waals surface area (Å²) in [6, 6.07) is -0.343. The van der Waals surface area contributed by atoms with Crippen LogP contribution in [-0.2, 0) is 4.79 Å². The lowest BCUT2D eigenvalue weighted by atomic mass is 10.0. The molecule has 6 nitrogen and oxygen atoms in total. The van der Waals surface area contributed by atoms with E-state index in [-0.39, 0.29) is 18.4 Å². The summed E-state index contributed by atoms with van der Waals surface area (Å²) in [5, 5.41) is 13.3. The molecule has 0 radical (unpaired) electrons. The van der Waals surface area contributed by atoms with Crippen LogP contribution < -0.4 is 16.4 Å². The van der Waals surface area contributed by atoms with Crippen LogP contribution in [0.15, 0.2) is 0 Å². The van der Waals surface area contributed by atoms with E-state index in [1.807, 2.05) is 0 Å². The first kappa shape index (κ1) is 8.79. The zero-order chi connectivity index (χ0) is 9.14.